The molecule has 1 fully saturated rings. The summed E-state index contributed by atoms with van der Waals surface area (Å²) in [5.41, 5.74) is 0.392. The van der Waals surface area contributed by atoms with Crippen molar-refractivity contribution in [2.75, 3.05) is 13.1 Å². The van der Waals surface area contributed by atoms with Gasteiger partial charge in [-0.25, -0.2) is 0 Å². The standard InChI is InChI=1S/C13H15Cl2NO3S/c14-11-7-9(13(15)20-11)10(18)1-2-12(19)16-5-3-8(17)4-6-16/h7-8,17H,1-6H2. The van der Waals surface area contributed by atoms with E-state index >= 15 is 0 Å². The number of ketones is 1. The highest BCUT2D eigenvalue weighted by Gasteiger charge is 2.22. The maximum absolute atomic E-state index is 12.0. The molecule has 0 unspecified atom stereocenters. The summed E-state index contributed by atoms with van der Waals surface area (Å²) in [5, 5.41) is 9.39. The molecule has 0 aromatic carbocycles. The molecule has 2 heterocycles. The fraction of sp³-hybridized carbons (Fsp3) is 0.538. The van der Waals surface area contributed by atoms with Gasteiger partial charge in [-0.2, -0.15) is 0 Å². The maximum atomic E-state index is 12.0. The Balaban J connectivity index is 1.84. The largest absolute Gasteiger partial charge is 0.393 e. The summed E-state index contributed by atoms with van der Waals surface area (Å²) in [6.45, 7) is 1.11. The molecule has 20 heavy (non-hydrogen) atoms. The van der Waals surface area contributed by atoms with Gasteiger partial charge < -0.3 is 10.0 Å². The van der Waals surface area contributed by atoms with Crippen molar-refractivity contribution < 1.29 is 14.7 Å². The van der Waals surface area contributed by atoms with Crippen molar-refractivity contribution in [3.8, 4) is 0 Å². The molecule has 1 aromatic heterocycles. The fourth-order valence-electron chi connectivity index (χ4n) is 2.16. The summed E-state index contributed by atoms with van der Waals surface area (Å²) in [7, 11) is 0. The number of hydrogen-bond acceptors (Lipinski definition) is 4. The second-order valence-corrected chi connectivity index (χ2v) is 7.06. The summed E-state index contributed by atoms with van der Waals surface area (Å²) in [5.74, 6) is -0.216. The number of rotatable bonds is 4. The zero-order valence-electron chi connectivity index (χ0n) is 10.8. The van der Waals surface area contributed by atoms with E-state index in [9.17, 15) is 14.7 Å². The highest BCUT2D eigenvalue weighted by molar-refractivity contribution is 7.20. The van der Waals surface area contributed by atoms with Gasteiger partial charge in [-0.05, 0) is 18.9 Å². The van der Waals surface area contributed by atoms with E-state index < -0.39 is 0 Å². The van der Waals surface area contributed by atoms with Gasteiger partial charge in [-0.3, -0.25) is 9.59 Å². The molecule has 0 aliphatic carbocycles. The molecule has 0 atom stereocenters. The monoisotopic (exact) mass is 335 g/mol. The Hall–Kier alpha value is -0.620. The molecule has 0 saturated carbocycles. The number of Topliss-reactive ketones (excluding diaryl/α,β-unsaturated/α-hetero) is 1. The van der Waals surface area contributed by atoms with Crippen LogP contribution in [0.5, 0.6) is 0 Å². The zero-order valence-corrected chi connectivity index (χ0v) is 13.1. The third-order valence-corrected chi connectivity index (χ3v) is 4.83. The van der Waals surface area contributed by atoms with E-state index in [1.807, 2.05) is 0 Å². The van der Waals surface area contributed by atoms with Crippen molar-refractivity contribution in [3.05, 3.63) is 20.3 Å². The van der Waals surface area contributed by atoms with Gasteiger partial charge in [0.2, 0.25) is 5.91 Å². The Morgan fingerprint density at radius 2 is 1.95 bits per heavy atom. The summed E-state index contributed by atoms with van der Waals surface area (Å²) in [6.07, 6.45) is 1.19. The van der Waals surface area contributed by atoms with Gasteiger partial charge in [-0.1, -0.05) is 23.2 Å². The SMILES string of the molecule is O=C(CCC(=O)N1CCC(O)CC1)c1cc(Cl)sc1Cl. The van der Waals surface area contributed by atoms with Gasteiger partial charge in [0.05, 0.1) is 10.4 Å². The number of aliphatic hydroxyl groups excluding tert-OH is 1. The van der Waals surface area contributed by atoms with Gasteiger partial charge in [0.1, 0.15) is 4.34 Å². The van der Waals surface area contributed by atoms with Crippen LogP contribution in [0.1, 0.15) is 36.0 Å². The van der Waals surface area contributed by atoms with Crippen molar-refractivity contribution in [1.29, 1.82) is 0 Å². The van der Waals surface area contributed by atoms with Crippen LogP contribution in [0.25, 0.3) is 0 Å². The lowest BCUT2D eigenvalue weighted by Crippen LogP contribution is -2.40. The summed E-state index contributed by atoms with van der Waals surface area (Å²) < 4.78 is 0.836. The van der Waals surface area contributed by atoms with Crippen LogP contribution in [0.15, 0.2) is 6.07 Å². The summed E-state index contributed by atoms with van der Waals surface area (Å²) in [6, 6.07) is 1.54. The van der Waals surface area contributed by atoms with E-state index in [0.29, 0.717) is 40.2 Å². The Bertz CT molecular complexity index is 510. The number of thiophene rings is 1. The van der Waals surface area contributed by atoms with Gasteiger partial charge >= 0.3 is 0 Å². The van der Waals surface area contributed by atoms with Crippen LogP contribution in [-0.4, -0.2) is 40.9 Å². The lowest BCUT2D eigenvalue weighted by Gasteiger charge is -2.29. The van der Waals surface area contributed by atoms with Crippen molar-refractivity contribution in [2.45, 2.75) is 31.8 Å². The van der Waals surface area contributed by atoms with Gasteiger partial charge in [0, 0.05) is 31.5 Å². The number of likely N-dealkylation sites (tertiary alicyclic amines) is 1. The highest BCUT2D eigenvalue weighted by Crippen LogP contribution is 2.32. The van der Waals surface area contributed by atoms with Crippen molar-refractivity contribution >= 4 is 46.2 Å². The molecule has 110 valence electrons. The minimum atomic E-state index is -0.313. The molecule has 1 aromatic rings. The number of hydrogen-bond donors (Lipinski definition) is 1. The van der Waals surface area contributed by atoms with Gasteiger partial charge in [-0.15, -0.1) is 11.3 Å². The van der Waals surface area contributed by atoms with E-state index in [1.54, 1.807) is 11.0 Å². The topological polar surface area (TPSA) is 57.6 Å². The average molecular weight is 336 g/mol. The molecule has 0 bridgehead atoms. The second-order valence-electron chi connectivity index (χ2n) is 4.77. The summed E-state index contributed by atoms with van der Waals surface area (Å²) >= 11 is 12.8. The Morgan fingerprint density at radius 1 is 1.30 bits per heavy atom. The Kier molecular flexibility index (Phi) is 5.43. The quantitative estimate of drug-likeness (QED) is 0.860. The first kappa shape index (κ1) is 15.8. The van der Waals surface area contributed by atoms with E-state index in [-0.39, 0.29) is 30.6 Å². The molecule has 7 heteroatoms. The van der Waals surface area contributed by atoms with Crippen LogP contribution in [0.3, 0.4) is 0 Å². The number of carbonyl (C=O) groups is 2. The number of amides is 1. The van der Waals surface area contributed by atoms with Crippen LogP contribution in [0.2, 0.25) is 8.67 Å². The predicted molar refractivity (Wildman–Crippen MR) is 79.7 cm³/mol. The van der Waals surface area contributed by atoms with Crippen LogP contribution < -0.4 is 0 Å². The minimum absolute atomic E-state index is 0.0531. The molecule has 0 radical (unpaired) electrons. The van der Waals surface area contributed by atoms with Crippen LogP contribution in [-0.2, 0) is 4.79 Å². The van der Waals surface area contributed by atoms with E-state index in [0.717, 1.165) is 11.3 Å². The second kappa shape index (κ2) is 6.89. The zero-order chi connectivity index (χ0) is 14.7. The number of halogens is 2. The molecular formula is C13H15Cl2NO3S. The fourth-order valence-corrected chi connectivity index (χ4v) is 3.66. The van der Waals surface area contributed by atoms with Crippen LogP contribution in [0, 0.1) is 0 Å². The molecule has 0 spiro atoms. The van der Waals surface area contributed by atoms with E-state index in [4.69, 9.17) is 23.2 Å². The third kappa shape index (κ3) is 3.95. The number of nitrogens with zero attached hydrogens (tertiary/aromatic N) is 1. The normalized spacial score (nSPS) is 16.4. The summed E-state index contributed by atoms with van der Waals surface area (Å²) in [4.78, 5) is 25.6. The molecular weight excluding hydrogens is 321 g/mol. The predicted octanol–water partition coefficient (Wildman–Crippen LogP) is 3.00. The molecule has 1 N–H and O–H groups in total. The smallest absolute Gasteiger partial charge is 0.223 e. The molecule has 4 nitrogen and oxygen atoms in total. The average Bonchev–Trinajstić information content (AvgIpc) is 2.75. The Labute approximate surface area is 131 Å². The molecule has 1 aliphatic rings. The lowest BCUT2D eigenvalue weighted by atomic mass is 10.1. The first-order valence-electron chi connectivity index (χ1n) is 6.41. The van der Waals surface area contributed by atoms with Gasteiger partial charge in [0.25, 0.3) is 0 Å². The molecule has 1 aliphatic heterocycles. The Morgan fingerprint density at radius 3 is 2.50 bits per heavy atom. The molecule has 1 amide bonds. The number of aliphatic hydroxyl groups is 1. The first-order chi connectivity index (χ1) is 9.47. The molecule has 2 rings (SSSR count). The maximum Gasteiger partial charge on any atom is 0.223 e. The lowest BCUT2D eigenvalue weighted by molar-refractivity contribution is -0.133. The van der Waals surface area contributed by atoms with Crippen LogP contribution >= 0.6 is 34.5 Å². The minimum Gasteiger partial charge on any atom is -0.393 e. The van der Waals surface area contributed by atoms with E-state index in [2.05, 4.69) is 0 Å². The third-order valence-electron chi connectivity index (χ3n) is 3.34. The van der Waals surface area contributed by atoms with Gasteiger partial charge in [0.15, 0.2) is 5.78 Å². The van der Waals surface area contributed by atoms with Crippen molar-refractivity contribution in [2.24, 2.45) is 0 Å². The number of piperidine rings is 1. The highest BCUT2D eigenvalue weighted by atomic mass is 35.5. The van der Waals surface area contributed by atoms with Crippen LogP contribution in [0.4, 0.5) is 0 Å². The first-order valence-corrected chi connectivity index (χ1v) is 7.98. The van der Waals surface area contributed by atoms with E-state index in [1.165, 1.54) is 0 Å². The van der Waals surface area contributed by atoms with Crippen molar-refractivity contribution in [3.63, 3.8) is 0 Å². The number of carbonyl (C=O) groups excluding carboxylic acids is 2. The van der Waals surface area contributed by atoms with Crippen molar-refractivity contribution in [1.82, 2.24) is 4.90 Å². The molecule has 1 saturated heterocycles.